The Morgan fingerprint density at radius 1 is 0.844 bits per heavy atom. The Bertz CT molecular complexity index is 1260. The van der Waals surface area contributed by atoms with Crippen molar-refractivity contribution >= 4 is 27.9 Å². The molecule has 32 heavy (non-hydrogen) atoms. The lowest BCUT2D eigenvalue weighted by molar-refractivity contribution is 0.0470. The zero-order chi connectivity index (χ0) is 23.1. The molecule has 0 bridgehead atoms. The maximum Gasteiger partial charge on any atom is 0.338 e. The van der Waals surface area contributed by atoms with Crippen LogP contribution >= 0.6 is 15.9 Å². The highest BCUT2D eigenvalue weighted by Gasteiger charge is 2.12. The monoisotopic (exact) mass is 490 g/mol. The third-order valence-electron chi connectivity index (χ3n) is 4.39. The molecule has 0 radical (unpaired) electrons. The number of ether oxygens (including phenoxy) is 3. The van der Waals surface area contributed by atoms with Gasteiger partial charge in [-0.1, -0.05) is 22.0 Å². The van der Waals surface area contributed by atoms with E-state index in [0.717, 1.165) is 0 Å². The van der Waals surface area contributed by atoms with Gasteiger partial charge in [0.15, 0.2) is 0 Å². The largest absolute Gasteiger partial charge is 0.465 e. The van der Waals surface area contributed by atoms with E-state index >= 15 is 0 Å². The highest BCUT2D eigenvalue weighted by molar-refractivity contribution is 9.10. The fourth-order valence-electron chi connectivity index (χ4n) is 2.71. The zero-order valence-electron chi connectivity index (χ0n) is 16.8. The molecule has 3 aromatic carbocycles. The summed E-state index contributed by atoms with van der Waals surface area (Å²) >= 11 is 3.36. The molecular formula is C24H15BrN2O5. The van der Waals surface area contributed by atoms with Gasteiger partial charge in [-0.3, -0.25) is 0 Å². The maximum atomic E-state index is 12.4. The Hall–Kier alpha value is -4.14. The first-order chi connectivity index (χ1) is 15.4. The average molecular weight is 491 g/mol. The van der Waals surface area contributed by atoms with Crippen molar-refractivity contribution in [3.63, 3.8) is 0 Å². The first kappa shape index (κ1) is 22.5. The number of carbonyl (C=O) groups is 2. The standard InChI is InChI=1S/C24H15BrN2O5/c1-30-23(28)16-2-3-18(22(25)11-16)14-31-24(29)15-4-7-20(8-5-15)32-21-9-6-17(12-26)19(10-21)13-27/h2-11H,14H2,1H3. The molecule has 0 unspecified atom stereocenters. The van der Waals surface area contributed by atoms with Crippen molar-refractivity contribution in [2.75, 3.05) is 7.11 Å². The number of hydrogen-bond donors (Lipinski definition) is 0. The minimum atomic E-state index is -0.523. The van der Waals surface area contributed by atoms with Crippen LogP contribution in [0.4, 0.5) is 0 Å². The first-order valence-corrected chi connectivity index (χ1v) is 10.0. The second kappa shape index (κ2) is 10.3. The lowest BCUT2D eigenvalue weighted by Crippen LogP contribution is -2.06. The van der Waals surface area contributed by atoms with Crippen molar-refractivity contribution in [2.45, 2.75) is 6.61 Å². The van der Waals surface area contributed by atoms with Gasteiger partial charge in [-0.15, -0.1) is 0 Å². The van der Waals surface area contributed by atoms with Gasteiger partial charge in [0.25, 0.3) is 0 Å². The van der Waals surface area contributed by atoms with Crippen LogP contribution in [0.2, 0.25) is 0 Å². The van der Waals surface area contributed by atoms with Crippen LogP contribution in [-0.4, -0.2) is 19.0 Å². The van der Waals surface area contributed by atoms with E-state index in [4.69, 9.17) is 20.0 Å². The van der Waals surface area contributed by atoms with Gasteiger partial charge in [0.1, 0.15) is 30.2 Å². The summed E-state index contributed by atoms with van der Waals surface area (Å²) in [6.45, 7) is 0.0152. The summed E-state index contributed by atoms with van der Waals surface area (Å²) < 4.78 is 16.3. The summed E-state index contributed by atoms with van der Waals surface area (Å²) in [4.78, 5) is 23.9. The van der Waals surface area contributed by atoms with Gasteiger partial charge in [0.05, 0.1) is 29.4 Å². The van der Waals surface area contributed by atoms with E-state index in [9.17, 15) is 9.59 Å². The van der Waals surface area contributed by atoms with E-state index in [1.54, 1.807) is 48.5 Å². The molecule has 0 fully saturated rings. The van der Waals surface area contributed by atoms with Crippen molar-refractivity contribution in [2.24, 2.45) is 0 Å². The Morgan fingerprint density at radius 3 is 2.12 bits per heavy atom. The van der Waals surface area contributed by atoms with Crippen LogP contribution in [0, 0.1) is 22.7 Å². The topological polar surface area (TPSA) is 109 Å². The molecular weight excluding hydrogens is 476 g/mol. The molecule has 3 aromatic rings. The van der Waals surface area contributed by atoms with Gasteiger partial charge in [0.2, 0.25) is 0 Å². The lowest BCUT2D eigenvalue weighted by Gasteiger charge is -2.09. The molecule has 0 aliphatic rings. The average Bonchev–Trinajstić information content (AvgIpc) is 2.82. The molecule has 0 N–H and O–H groups in total. The van der Waals surface area contributed by atoms with Crippen molar-refractivity contribution in [3.8, 4) is 23.6 Å². The number of nitrogens with zero attached hydrogens (tertiary/aromatic N) is 2. The third-order valence-corrected chi connectivity index (χ3v) is 5.13. The smallest absolute Gasteiger partial charge is 0.338 e. The van der Waals surface area contributed by atoms with E-state index in [0.29, 0.717) is 32.7 Å². The molecule has 7 nitrogen and oxygen atoms in total. The van der Waals surface area contributed by atoms with Gasteiger partial charge < -0.3 is 14.2 Å². The number of nitriles is 2. The number of rotatable bonds is 6. The Morgan fingerprint density at radius 2 is 1.50 bits per heavy atom. The maximum absolute atomic E-state index is 12.4. The second-order valence-corrected chi connectivity index (χ2v) is 7.29. The molecule has 3 rings (SSSR count). The van der Waals surface area contributed by atoms with Gasteiger partial charge >= 0.3 is 11.9 Å². The summed E-state index contributed by atoms with van der Waals surface area (Å²) in [5.74, 6) is -0.125. The molecule has 0 spiro atoms. The van der Waals surface area contributed by atoms with Crippen LogP contribution in [0.15, 0.2) is 65.1 Å². The number of hydrogen-bond acceptors (Lipinski definition) is 7. The van der Waals surface area contributed by atoms with E-state index in [-0.39, 0.29) is 17.7 Å². The minimum absolute atomic E-state index is 0.0152. The molecule has 0 heterocycles. The van der Waals surface area contributed by atoms with Crippen LogP contribution in [0.3, 0.4) is 0 Å². The molecule has 0 atom stereocenters. The summed E-state index contributed by atoms with van der Waals surface area (Å²) in [5, 5.41) is 18.1. The Labute approximate surface area is 192 Å². The molecule has 0 saturated carbocycles. The van der Waals surface area contributed by atoms with Crippen molar-refractivity contribution < 1.29 is 23.8 Å². The molecule has 158 valence electrons. The normalized spacial score (nSPS) is 9.88. The first-order valence-electron chi connectivity index (χ1n) is 9.21. The molecule has 0 aliphatic heterocycles. The second-order valence-electron chi connectivity index (χ2n) is 6.43. The molecule has 0 saturated heterocycles. The molecule has 0 aliphatic carbocycles. The lowest BCUT2D eigenvalue weighted by atomic mass is 10.1. The van der Waals surface area contributed by atoms with Crippen molar-refractivity contribution in [1.82, 2.24) is 0 Å². The van der Waals surface area contributed by atoms with Gasteiger partial charge in [-0.2, -0.15) is 10.5 Å². The predicted octanol–water partition coefficient (Wildman–Crippen LogP) is 5.13. The van der Waals surface area contributed by atoms with Crippen molar-refractivity contribution in [1.29, 1.82) is 10.5 Å². The minimum Gasteiger partial charge on any atom is -0.465 e. The number of halogens is 1. The predicted molar refractivity (Wildman–Crippen MR) is 117 cm³/mol. The molecule has 0 aromatic heterocycles. The molecule has 8 heteroatoms. The summed E-state index contributed by atoms with van der Waals surface area (Å²) in [6, 6.07) is 19.6. The number of esters is 2. The van der Waals surface area contributed by atoms with Crippen LogP contribution in [0.1, 0.15) is 37.4 Å². The SMILES string of the molecule is COC(=O)c1ccc(COC(=O)c2ccc(Oc3ccc(C#N)c(C#N)c3)cc2)c(Br)c1. The van der Waals surface area contributed by atoms with Gasteiger partial charge in [-0.25, -0.2) is 9.59 Å². The summed E-state index contributed by atoms with van der Waals surface area (Å²) in [5.41, 5.74) is 1.90. The zero-order valence-corrected chi connectivity index (χ0v) is 18.4. The molecule has 0 amide bonds. The van der Waals surface area contributed by atoms with Crippen LogP contribution in [-0.2, 0) is 16.1 Å². The van der Waals surface area contributed by atoms with E-state index in [1.807, 2.05) is 12.1 Å². The fourth-order valence-corrected chi connectivity index (χ4v) is 3.20. The number of carbonyl (C=O) groups excluding carboxylic acids is 2. The van der Waals surface area contributed by atoms with Crippen LogP contribution in [0.5, 0.6) is 11.5 Å². The highest BCUT2D eigenvalue weighted by atomic mass is 79.9. The van der Waals surface area contributed by atoms with Crippen LogP contribution in [0.25, 0.3) is 0 Å². The fraction of sp³-hybridized carbons (Fsp3) is 0.0833. The van der Waals surface area contributed by atoms with E-state index in [1.165, 1.54) is 19.2 Å². The Kier molecular flexibility index (Phi) is 7.22. The summed E-state index contributed by atoms with van der Waals surface area (Å²) in [7, 11) is 1.30. The van der Waals surface area contributed by atoms with Gasteiger partial charge in [0, 0.05) is 10.0 Å². The van der Waals surface area contributed by atoms with E-state index in [2.05, 4.69) is 20.7 Å². The number of methoxy groups -OCH3 is 1. The highest BCUT2D eigenvalue weighted by Crippen LogP contribution is 2.25. The summed E-state index contributed by atoms with van der Waals surface area (Å²) in [6.07, 6.45) is 0. The van der Waals surface area contributed by atoms with Crippen molar-refractivity contribution in [3.05, 3.63) is 93.0 Å². The number of benzene rings is 3. The van der Waals surface area contributed by atoms with Crippen LogP contribution < -0.4 is 4.74 Å². The van der Waals surface area contributed by atoms with E-state index < -0.39 is 11.9 Å². The Balaban J connectivity index is 1.63. The quantitative estimate of drug-likeness (QED) is 0.440. The third kappa shape index (κ3) is 5.31. The van der Waals surface area contributed by atoms with Gasteiger partial charge in [-0.05, 0) is 54.6 Å².